The molecule has 1 aliphatic rings. The second-order valence-corrected chi connectivity index (χ2v) is 4.82. The minimum atomic E-state index is 0.547. The Kier molecular flexibility index (Phi) is 3.37. The summed E-state index contributed by atoms with van der Waals surface area (Å²) < 4.78 is 2.24. The normalized spacial score (nSPS) is 19.9. The zero-order valence-electron chi connectivity index (χ0n) is 10.4. The van der Waals surface area contributed by atoms with Gasteiger partial charge in [0.1, 0.15) is 5.82 Å². The van der Waals surface area contributed by atoms with Crippen LogP contribution < -0.4 is 5.32 Å². The van der Waals surface area contributed by atoms with Gasteiger partial charge in [-0.05, 0) is 31.0 Å². The van der Waals surface area contributed by atoms with Crippen LogP contribution in [0.2, 0.25) is 0 Å². The molecular weight excluding hydrogens is 224 g/mol. The predicted molar refractivity (Wildman–Crippen MR) is 70.4 cm³/mol. The van der Waals surface area contributed by atoms with Crippen LogP contribution in [0, 0.1) is 0 Å². The first-order valence-corrected chi connectivity index (χ1v) is 6.54. The average molecular weight is 242 g/mol. The van der Waals surface area contributed by atoms with Crippen molar-refractivity contribution in [1.29, 1.82) is 0 Å². The van der Waals surface area contributed by atoms with E-state index in [9.17, 15) is 0 Å². The fraction of sp³-hybridized carbons (Fsp3) is 0.429. The summed E-state index contributed by atoms with van der Waals surface area (Å²) in [6, 6.07) is 4.09. The van der Waals surface area contributed by atoms with E-state index in [-0.39, 0.29) is 0 Å². The standard InChI is InChI=1S/C14H18N4/c1-3-12(9-15-5-1)11-18-8-7-17-14(18)13-4-2-6-16-10-13/h1,3,5,7-9,13,16H,2,4,6,10-11H2/t13-/m1/s1. The second kappa shape index (κ2) is 5.31. The first-order chi connectivity index (χ1) is 8.93. The van der Waals surface area contributed by atoms with Gasteiger partial charge in [0.2, 0.25) is 0 Å². The van der Waals surface area contributed by atoms with Crippen molar-refractivity contribution >= 4 is 0 Å². The van der Waals surface area contributed by atoms with Crippen LogP contribution >= 0.6 is 0 Å². The van der Waals surface area contributed by atoms with Crippen LogP contribution in [-0.4, -0.2) is 27.6 Å². The van der Waals surface area contributed by atoms with Gasteiger partial charge in [0.25, 0.3) is 0 Å². The van der Waals surface area contributed by atoms with Gasteiger partial charge in [0.05, 0.1) is 6.54 Å². The highest BCUT2D eigenvalue weighted by molar-refractivity contribution is 5.12. The number of hydrogen-bond acceptors (Lipinski definition) is 3. The maximum Gasteiger partial charge on any atom is 0.113 e. The van der Waals surface area contributed by atoms with Gasteiger partial charge in [-0.3, -0.25) is 4.98 Å². The average Bonchev–Trinajstić information content (AvgIpc) is 2.89. The number of piperidine rings is 1. The monoisotopic (exact) mass is 242 g/mol. The first-order valence-electron chi connectivity index (χ1n) is 6.54. The van der Waals surface area contributed by atoms with Crippen LogP contribution in [-0.2, 0) is 6.54 Å². The number of nitrogens with zero attached hydrogens (tertiary/aromatic N) is 3. The van der Waals surface area contributed by atoms with Crippen molar-refractivity contribution in [3.8, 4) is 0 Å². The van der Waals surface area contributed by atoms with E-state index in [1.807, 2.05) is 24.7 Å². The smallest absolute Gasteiger partial charge is 0.113 e. The molecule has 18 heavy (non-hydrogen) atoms. The quantitative estimate of drug-likeness (QED) is 0.892. The summed E-state index contributed by atoms with van der Waals surface area (Å²) in [5.74, 6) is 1.75. The highest BCUT2D eigenvalue weighted by atomic mass is 15.1. The lowest BCUT2D eigenvalue weighted by Gasteiger charge is -2.23. The fourth-order valence-corrected chi connectivity index (χ4v) is 2.57. The Morgan fingerprint density at radius 2 is 2.39 bits per heavy atom. The van der Waals surface area contributed by atoms with Gasteiger partial charge in [-0.25, -0.2) is 4.98 Å². The summed E-state index contributed by atoms with van der Waals surface area (Å²) in [7, 11) is 0. The van der Waals surface area contributed by atoms with Crippen LogP contribution in [0.4, 0.5) is 0 Å². The van der Waals surface area contributed by atoms with E-state index >= 15 is 0 Å². The molecule has 0 amide bonds. The molecule has 4 nitrogen and oxygen atoms in total. The number of rotatable bonds is 3. The van der Waals surface area contributed by atoms with Crippen LogP contribution in [0.15, 0.2) is 36.9 Å². The Balaban J connectivity index is 1.78. The Labute approximate surface area is 107 Å². The Hall–Kier alpha value is -1.68. The largest absolute Gasteiger partial charge is 0.330 e. The van der Waals surface area contributed by atoms with Crippen molar-refractivity contribution < 1.29 is 0 Å². The minimum Gasteiger partial charge on any atom is -0.330 e. The van der Waals surface area contributed by atoms with Gasteiger partial charge < -0.3 is 9.88 Å². The molecule has 1 aliphatic heterocycles. The molecule has 1 saturated heterocycles. The molecule has 0 unspecified atom stereocenters. The van der Waals surface area contributed by atoms with E-state index in [1.165, 1.54) is 24.2 Å². The summed E-state index contributed by atoms with van der Waals surface area (Å²) in [6.45, 7) is 3.05. The maximum absolute atomic E-state index is 4.54. The van der Waals surface area contributed by atoms with Crippen LogP contribution in [0.25, 0.3) is 0 Å². The van der Waals surface area contributed by atoms with Crippen molar-refractivity contribution in [2.45, 2.75) is 25.3 Å². The second-order valence-electron chi connectivity index (χ2n) is 4.82. The highest BCUT2D eigenvalue weighted by Gasteiger charge is 2.19. The van der Waals surface area contributed by atoms with Crippen molar-refractivity contribution in [1.82, 2.24) is 19.9 Å². The number of imidazole rings is 1. The molecule has 0 bridgehead atoms. The molecule has 94 valence electrons. The summed E-state index contributed by atoms with van der Waals surface area (Å²) in [5, 5.41) is 3.45. The van der Waals surface area contributed by atoms with Gasteiger partial charge >= 0.3 is 0 Å². The van der Waals surface area contributed by atoms with Gasteiger partial charge in [-0.15, -0.1) is 0 Å². The van der Waals surface area contributed by atoms with Gasteiger partial charge in [-0.1, -0.05) is 6.07 Å². The van der Waals surface area contributed by atoms with Gasteiger partial charge in [0.15, 0.2) is 0 Å². The number of hydrogen-bond donors (Lipinski definition) is 1. The molecule has 0 saturated carbocycles. The van der Waals surface area contributed by atoms with Gasteiger partial charge in [-0.2, -0.15) is 0 Å². The molecule has 3 rings (SSSR count). The minimum absolute atomic E-state index is 0.547. The van der Waals surface area contributed by atoms with E-state index in [1.54, 1.807) is 0 Å². The molecule has 0 radical (unpaired) electrons. The van der Waals surface area contributed by atoms with Gasteiger partial charge in [0, 0.05) is 37.3 Å². The molecule has 3 heterocycles. The molecule has 1 atom stereocenters. The van der Waals surface area contributed by atoms with Crippen LogP contribution in [0.3, 0.4) is 0 Å². The molecule has 2 aromatic rings. The highest BCUT2D eigenvalue weighted by Crippen LogP contribution is 2.22. The van der Waals surface area contributed by atoms with E-state index in [2.05, 4.69) is 32.1 Å². The molecule has 4 heteroatoms. The Bertz CT molecular complexity index is 486. The van der Waals surface area contributed by atoms with E-state index in [0.717, 1.165) is 19.6 Å². The fourth-order valence-electron chi connectivity index (χ4n) is 2.57. The topological polar surface area (TPSA) is 42.7 Å². The molecule has 1 N–H and O–H groups in total. The lowest BCUT2D eigenvalue weighted by molar-refractivity contribution is 0.435. The maximum atomic E-state index is 4.54. The molecule has 0 spiro atoms. The third-order valence-electron chi connectivity index (χ3n) is 3.49. The molecule has 0 aromatic carbocycles. The summed E-state index contributed by atoms with van der Waals surface area (Å²) in [4.78, 5) is 8.70. The number of pyridine rings is 1. The predicted octanol–water partition coefficient (Wildman–Crippen LogP) is 1.79. The molecule has 0 aliphatic carbocycles. The molecular formula is C14H18N4. The van der Waals surface area contributed by atoms with Crippen molar-refractivity contribution in [3.63, 3.8) is 0 Å². The summed E-state index contributed by atoms with van der Waals surface area (Å²) >= 11 is 0. The summed E-state index contributed by atoms with van der Waals surface area (Å²) in [6.07, 6.45) is 10.2. The Morgan fingerprint density at radius 1 is 1.39 bits per heavy atom. The van der Waals surface area contributed by atoms with Crippen molar-refractivity contribution in [2.75, 3.05) is 13.1 Å². The zero-order valence-corrected chi connectivity index (χ0v) is 10.4. The lowest BCUT2D eigenvalue weighted by Crippen LogP contribution is -2.30. The van der Waals surface area contributed by atoms with E-state index in [0.29, 0.717) is 5.92 Å². The first kappa shape index (κ1) is 11.4. The SMILES string of the molecule is c1cncc(Cn2ccnc2[C@@H]2CCCNC2)c1. The molecule has 1 fully saturated rings. The van der Waals surface area contributed by atoms with E-state index < -0.39 is 0 Å². The molecule has 2 aromatic heterocycles. The van der Waals surface area contributed by atoms with E-state index in [4.69, 9.17) is 0 Å². The number of aromatic nitrogens is 3. The van der Waals surface area contributed by atoms with Crippen LogP contribution in [0.5, 0.6) is 0 Å². The number of nitrogens with one attached hydrogen (secondary N) is 1. The summed E-state index contributed by atoms with van der Waals surface area (Å²) in [5.41, 5.74) is 1.22. The van der Waals surface area contributed by atoms with Crippen LogP contribution in [0.1, 0.15) is 30.1 Å². The third kappa shape index (κ3) is 2.43. The zero-order chi connectivity index (χ0) is 12.2. The van der Waals surface area contributed by atoms with Crippen molar-refractivity contribution in [3.05, 3.63) is 48.3 Å². The lowest BCUT2D eigenvalue weighted by atomic mass is 9.99. The van der Waals surface area contributed by atoms with Crippen molar-refractivity contribution in [2.24, 2.45) is 0 Å². The Morgan fingerprint density at radius 3 is 3.17 bits per heavy atom. The third-order valence-corrected chi connectivity index (χ3v) is 3.49.